The molecule has 1 amide bonds. The smallest absolute Gasteiger partial charge is 0.251 e. The summed E-state index contributed by atoms with van der Waals surface area (Å²) in [7, 11) is 0. The van der Waals surface area contributed by atoms with Gasteiger partial charge in [-0.2, -0.15) is 0 Å². The van der Waals surface area contributed by atoms with Crippen LogP contribution >= 0.6 is 0 Å². The maximum absolute atomic E-state index is 12.5. The normalized spacial score (nSPS) is 17.8. The zero-order valence-electron chi connectivity index (χ0n) is 15.1. The summed E-state index contributed by atoms with van der Waals surface area (Å²) >= 11 is 0. The Morgan fingerprint density at radius 1 is 1.12 bits per heavy atom. The summed E-state index contributed by atoms with van der Waals surface area (Å²) < 4.78 is 17.1. The molecule has 1 unspecified atom stereocenters. The molecule has 0 bridgehead atoms. The summed E-state index contributed by atoms with van der Waals surface area (Å²) in [5.74, 6) is 2.33. The Balaban J connectivity index is 1.46. The van der Waals surface area contributed by atoms with Crippen LogP contribution in [0.4, 0.5) is 0 Å². The molecule has 1 atom stereocenters. The van der Waals surface area contributed by atoms with Crippen molar-refractivity contribution in [3.8, 4) is 17.2 Å². The SMILES string of the molecule is Cc1cc2c(cc1CNC(=O)c1ccc3c(c1)CC(C)O3)OCCCO2. The van der Waals surface area contributed by atoms with Crippen LogP contribution < -0.4 is 19.5 Å². The standard InChI is InChI=1S/C21H23NO4/c1-13-8-19-20(25-7-3-6-24-19)11-17(13)12-22-21(23)15-4-5-18-16(10-15)9-14(2)26-18/h4-5,8,10-11,14H,3,6-7,9,12H2,1-2H3,(H,22,23). The van der Waals surface area contributed by atoms with Crippen LogP contribution in [0.25, 0.3) is 0 Å². The highest BCUT2D eigenvalue weighted by Gasteiger charge is 2.20. The summed E-state index contributed by atoms with van der Waals surface area (Å²) in [6.45, 7) is 5.82. The molecule has 136 valence electrons. The molecule has 2 aliphatic rings. The van der Waals surface area contributed by atoms with Gasteiger partial charge in [0, 0.05) is 24.9 Å². The third kappa shape index (κ3) is 3.34. The number of aryl methyl sites for hydroxylation is 1. The Morgan fingerprint density at radius 3 is 2.69 bits per heavy atom. The van der Waals surface area contributed by atoms with Crippen molar-refractivity contribution in [1.82, 2.24) is 5.32 Å². The van der Waals surface area contributed by atoms with Gasteiger partial charge >= 0.3 is 0 Å². The largest absolute Gasteiger partial charge is 0.490 e. The molecule has 5 heteroatoms. The van der Waals surface area contributed by atoms with Crippen molar-refractivity contribution in [1.29, 1.82) is 0 Å². The van der Waals surface area contributed by atoms with Crippen LogP contribution in [0.5, 0.6) is 17.2 Å². The molecule has 0 radical (unpaired) electrons. The zero-order valence-corrected chi connectivity index (χ0v) is 15.1. The average Bonchev–Trinajstić information content (AvgIpc) is 2.85. The Kier molecular flexibility index (Phi) is 4.45. The van der Waals surface area contributed by atoms with Crippen molar-refractivity contribution in [3.05, 3.63) is 52.6 Å². The molecule has 0 spiro atoms. The van der Waals surface area contributed by atoms with Crippen LogP contribution in [0, 0.1) is 6.92 Å². The van der Waals surface area contributed by atoms with E-state index >= 15 is 0 Å². The second-order valence-corrected chi connectivity index (χ2v) is 6.91. The Labute approximate surface area is 153 Å². The lowest BCUT2D eigenvalue weighted by molar-refractivity contribution is 0.0950. The fraction of sp³-hybridized carbons (Fsp3) is 0.381. The number of benzene rings is 2. The molecule has 1 N–H and O–H groups in total. The van der Waals surface area contributed by atoms with Crippen molar-refractivity contribution in [2.75, 3.05) is 13.2 Å². The summed E-state index contributed by atoms with van der Waals surface area (Å²) in [4.78, 5) is 12.5. The Hall–Kier alpha value is -2.69. The van der Waals surface area contributed by atoms with Gasteiger partial charge in [0.1, 0.15) is 11.9 Å². The molecule has 2 heterocycles. The number of rotatable bonds is 3. The number of carbonyl (C=O) groups excluding carboxylic acids is 1. The number of carbonyl (C=O) groups is 1. The minimum atomic E-state index is -0.0844. The monoisotopic (exact) mass is 353 g/mol. The number of amides is 1. The van der Waals surface area contributed by atoms with Crippen molar-refractivity contribution >= 4 is 5.91 Å². The van der Waals surface area contributed by atoms with Gasteiger partial charge < -0.3 is 19.5 Å². The highest BCUT2D eigenvalue weighted by atomic mass is 16.5. The first kappa shape index (κ1) is 16.8. The van der Waals surface area contributed by atoms with Gasteiger partial charge in [-0.3, -0.25) is 4.79 Å². The van der Waals surface area contributed by atoms with Crippen LogP contribution in [0.15, 0.2) is 30.3 Å². The van der Waals surface area contributed by atoms with Crippen LogP contribution in [0.3, 0.4) is 0 Å². The van der Waals surface area contributed by atoms with E-state index in [2.05, 4.69) is 5.32 Å². The lowest BCUT2D eigenvalue weighted by Gasteiger charge is -2.13. The number of hydrogen-bond acceptors (Lipinski definition) is 4. The Bertz CT molecular complexity index is 846. The fourth-order valence-electron chi connectivity index (χ4n) is 3.38. The van der Waals surface area contributed by atoms with E-state index < -0.39 is 0 Å². The van der Waals surface area contributed by atoms with Gasteiger partial charge in [-0.15, -0.1) is 0 Å². The topological polar surface area (TPSA) is 56.8 Å². The van der Waals surface area contributed by atoms with E-state index in [0.29, 0.717) is 25.3 Å². The van der Waals surface area contributed by atoms with Gasteiger partial charge in [0.15, 0.2) is 11.5 Å². The molecule has 0 aromatic heterocycles. The second-order valence-electron chi connectivity index (χ2n) is 6.91. The minimum absolute atomic E-state index is 0.0844. The van der Waals surface area contributed by atoms with E-state index in [1.165, 1.54) is 0 Å². The third-order valence-corrected chi connectivity index (χ3v) is 4.80. The first-order valence-electron chi connectivity index (χ1n) is 9.07. The number of fused-ring (bicyclic) bond motifs is 2. The second kappa shape index (κ2) is 6.90. The molecule has 5 nitrogen and oxygen atoms in total. The lowest BCUT2D eigenvalue weighted by atomic mass is 10.1. The molecule has 2 aliphatic heterocycles. The predicted molar refractivity (Wildman–Crippen MR) is 98.2 cm³/mol. The van der Waals surface area contributed by atoms with E-state index in [1.807, 2.05) is 44.2 Å². The summed E-state index contributed by atoms with van der Waals surface area (Å²) in [6, 6.07) is 9.57. The molecule has 0 fully saturated rings. The van der Waals surface area contributed by atoms with E-state index in [4.69, 9.17) is 14.2 Å². The molecule has 2 aromatic rings. The molecule has 0 aliphatic carbocycles. The van der Waals surface area contributed by atoms with Crippen LogP contribution in [0.2, 0.25) is 0 Å². The predicted octanol–water partition coefficient (Wildman–Crippen LogP) is 3.41. The van der Waals surface area contributed by atoms with Gasteiger partial charge in [0.25, 0.3) is 5.91 Å². The highest BCUT2D eigenvalue weighted by molar-refractivity contribution is 5.94. The molecule has 0 saturated heterocycles. The number of nitrogens with one attached hydrogen (secondary N) is 1. The van der Waals surface area contributed by atoms with Crippen LogP contribution in [0.1, 0.15) is 40.4 Å². The van der Waals surface area contributed by atoms with E-state index in [0.717, 1.165) is 46.8 Å². The number of hydrogen-bond donors (Lipinski definition) is 1. The van der Waals surface area contributed by atoms with Gasteiger partial charge in [0.2, 0.25) is 0 Å². The van der Waals surface area contributed by atoms with Gasteiger partial charge in [-0.05, 0) is 60.9 Å². The quantitative estimate of drug-likeness (QED) is 0.919. The zero-order chi connectivity index (χ0) is 18.1. The van der Waals surface area contributed by atoms with Crippen LogP contribution in [-0.4, -0.2) is 25.2 Å². The summed E-state index contributed by atoms with van der Waals surface area (Å²) in [5, 5.41) is 3.00. The van der Waals surface area contributed by atoms with Crippen molar-refractivity contribution in [2.45, 2.75) is 39.3 Å². The summed E-state index contributed by atoms with van der Waals surface area (Å²) in [5.41, 5.74) is 3.86. The van der Waals surface area contributed by atoms with Gasteiger partial charge in [-0.1, -0.05) is 0 Å². The van der Waals surface area contributed by atoms with Crippen molar-refractivity contribution in [3.63, 3.8) is 0 Å². The third-order valence-electron chi connectivity index (χ3n) is 4.80. The summed E-state index contributed by atoms with van der Waals surface area (Å²) in [6.07, 6.45) is 1.89. The first-order valence-corrected chi connectivity index (χ1v) is 9.07. The average molecular weight is 353 g/mol. The van der Waals surface area contributed by atoms with Crippen molar-refractivity contribution < 1.29 is 19.0 Å². The molecular formula is C21H23NO4. The van der Waals surface area contributed by atoms with E-state index in [-0.39, 0.29) is 12.0 Å². The highest BCUT2D eigenvalue weighted by Crippen LogP contribution is 2.33. The fourth-order valence-corrected chi connectivity index (χ4v) is 3.38. The Morgan fingerprint density at radius 2 is 1.88 bits per heavy atom. The van der Waals surface area contributed by atoms with Crippen LogP contribution in [-0.2, 0) is 13.0 Å². The minimum Gasteiger partial charge on any atom is -0.490 e. The first-order chi connectivity index (χ1) is 12.6. The maximum atomic E-state index is 12.5. The molecule has 0 saturated carbocycles. The van der Waals surface area contributed by atoms with E-state index in [1.54, 1.807) is 0 Å². The van der Waals surface area contributed by atoms with Crippen molar-refractivity contribution in [2.24, 2.45) is 0 Å². The maximum Gasteiger partial charge on any atom is 0.251 e. The van der Waals surface area contributed by atoms with Gasteiger partial charge in [0.05, 0.1) is 13.2 Å². The molecule has 2 aromatic carbocycles. The van der Waals surface area contributed by atoms with E-state index in [9.17, 15) is 4.79 Å². The molecular weight excluding hydrogens is 330 g/mol. The van der Waals surface area contributed by atoms with Gasteiger partial charge in [-0.25, -0.2) is 0 Å². The molecule has 4 rings (SSSR count). The number of ether oxygens (including phenoxy) is 3. The lowest BCUT2D eigenvalue weighted by Crippen LogP contribution is -2.23. The molecule has 26 heavy (non-hydrogen) atoms.